The highest BCUT2D eigenvalue weighted by atomic mass is 32.2. The zero-order chi connectivity index (χ0) is 18.2. The Hall–Kier alpha value is -1.97. The fraction of sp³-hybridized carbons (Fsp3) is 0.500. The molecule has 9 heteroatoms. The number of oxazole rings is 1. The number of fused-ring (bicyclic) bond motifs is 1. The Morgan fingerprint density at radius 2 is 2.04 bits per heavy atom. The van der Waals surface area contributed by atoms with Crippen LogP contribution < -0.4 is 10.5 Å². The molecule has 0 unspecified atom stereocenters. The van der Waals surface area contributed by atoms with E-state index >= 15 is 0 Å². The fourth-order valence-electron chi connectivity index (χ4n) is 2.89. The largest absolute Gasteiger partial charge is 0.440 e. The van der Waals surface area contributed by atoms with E-state index in [9.17, 15) is 13.2 Å². The van der Waals surface area contributed by atoms with E-state index in [0.29, 0.717) is 35.5 Å². The first-order valence-electron chi connectivity index (χ1n) is 8.23. The van der Waals surface area contributed by atoms with Gasteiger partial charge in [-0.1, -0.05) is 13.8 Å². The molecule has 0 radical (unpaired) electrons. The fourth-order valence-corrected chi connectivity index (χ4v) is 3.61. The summed E-state index contributed by atoms with van der Waals surface area (Å²) in [6.07, 6.45) is 0.901. The number of nitrogens with two attached hydrogens (primary N) is 1. The Labute approximate surface area is 146 Å². The number of carbonyl (C=O) groups is 1. The second-order valence-corrected chi connectivity index (χ2v) is 8.14. The second kappa shape index (κ2) is 6.74. The zero-order valence-corrected chi connectivity index (χ0v) is 15.0. The van der Waals surface area contributed by atoms with Gasteiger partial charge in [0.2, 0.25) is 5.91 Å². The standard InChI is InChI=1S/C16H22N4O4S/c1-10(2)16-19-13-9-12(3-4-14(13)24-16)18-15(21)11-5-7-20(8-6-11)25(17,22)23/h3-4,9-11H,5-8H2,1-2H3,(H,18,21)(H2,17,22,23). The molecular weight excluding hydrogens is 344 g/mol. The Balaban J connectivity index is 1.66. The van der Waals surface area contributed by atoms with Crippen LogP contribution in [0.5, 0.6) is 0 Å². The molecule has 1 aromatic heterocycles. The molecule has 1 aliphatic heterocycles. The number of anilines is 1. The van der Waals surface area contributed by atoms with E-state index in [4.69, 9.17) is 9.56 Å². The van der Waals surface area contributed by atoms with Gasteiger partial charge in [-0.2, -0.15) is 12.7 Å². The predicted octanol–water partition coefficient (Wildman–Crippen LogP) is 1.81. The molecule has 1 amide bonds. The summed E-state index contributed by atoms with van der Waals surface area (Å²) in [5, 5.41) is 7.99. The lowest BCUT2D eigenvalue weighted by Crippen LogP contribution is -2.44. The summed E-state index contributed by atoms with van der Waals surface area (Å²) in [5.41, 5.74) is 2.03. The Morgan fingerprint density at radius 1 is 1.36 bits per heavy atom. The average molecular weight is 366 g/mol. The average Bonchev–Trinajstić information content (AvgIpc) is 2.98. The molecule has 8 nitrogen and oxygen atoms in total. The van der Waals surface area contributed by atoms with Crippen molar-refractivity contribution in [2.45, 2.75) is 32.6 Å². The molecule has 2 aromatic rings. The highest BCUT2D eigenvalue weighted by molar-refractivity contribution is 7.86. The molecule has 0 spiro atoms. The summed E-state index contributed by atoms with van der Waals surface area (Å²) in [5.74, 6) is 0.488. The van der Waals surface area contributed by atoms with Gasteiger partial charge in [0.15, 0.2) is 11.5 Å². The Bertz CT molecular complexity index is 883. The Kier molecular flexibility index (Phi) is 4.81. The third-order valence-electron chi connectivity index (χ3n) is 4.35. The highest BCUT2D eigenvalue weighted by Crippen LogP contribution is 2.25. The number of aromatic nitrogens is 1. The molecule has 1 saturated heterocycles. The smallest absolute Gasteiger partial charge is 0.276 e. The summed E-state index contributed by atoms with van der Waals surface area (Å²) in [6.45, 7) is 4.52. The van der Waals surface area contributed by atoms with Gasteiger partial charge in [-0.3, -0.25) is 4.79 Å². The van der Waals surface area contributed by atoms with Crippen molar-refractivity contribution in [3.8, 4) is 0 Å². The van der Waals surface area contributed by atoms with Crippen LogP contribution in [0.15, 0.2) is 22.6 Å². The molecule has 1 fully saturated rings. The molecule has 1 aromatic carbocycles. The molecule has 25 heavy (non-hydrogen) atoms. The van der Waals surface area contributed by atoms with Gasteiger partial charge in [-0.05, 0) is 31.0 Å². The summed E-state index contributed by atoms with van der Waals surface area (Å²) in [6, 6.07) is 5.34. The molecule has 2 heterocycles. The van der Waals surface area contributed by atoms with E-state index in [2.05, 4.69) is 10.3 Å². The zero-order valence-electron chi connectivity index (χ0n) is 14.2. The predicted molar refractivity (Wildman–Crippen MR) is 94.1 cm³/mol. The van der Waals surface area contributed by atoms with Gasteiger partial charge in [0.25, 0.3) is 10.2 Å². The number of piperidine rings is 1. The lowest BCUT2D eigenvalue weighted by Gasteiger charge is -2.29. The van der Waals surface area contributed by atoms with Crippen molar-refractivity contribution in [3.63, 3.8) is 0 Å². The van der Waals surface area contributed by atoms with Gasteiger partial charge in [0, 0.05) is 30.6 Å². The molecule has 1 aliphatic rings. The van der Waals surface area contributed by atoms with E-state index in [1.54, 1.807) is 18.2 Å². The topological polar surface area (TPSA) is 119 Å². The van der Waals surface area contributed by atoms with Crippen molar-refractivity contribution < 1.29 is 17.6 Å². The lowest BCUT2D eigenvalue weighted by atomic mass is 9.97. The minimum Gasteiger partial charge on any atom is -0.440 e. The van der Waals surface area contributed by atoms with Gasteiger partial charge < -0.3 is 9.73 Å². The first kappa shape index (κ1) is 17.8. The van der Waals surface area contributed by atoms with Crippen LogP contribution in [-0.4, -0.2) is 36.7 Å². The lowest BCUT2D eigenvalue weighted by molar-refractivity contribution is -0.120. The van der Waals surface area contributed by atoms with Gasteiger partial charge in [0.1, 0.15) is 5.52 Å². The van der Waals surface area contributed by atoms with Crippen LogP contribution in [-0.2, 0) is 15.0 Å². The molecule has 136 valence electrons. The molecule has 3 rings (SSSR count). The van der Waals surface area contributed by atoms with Gasteiger partial charge in [0.05, 0.1) is 0 Å². The number of hydrogen-bond donors (Lipinski definition) is 2. The minimum absolute atomic E-state index is 0.124. The molecule has 3 N–H and O–H groups in total. The van der Waals surface area contributed by atoms with Crippen LogP contribution in [0.25, 0.3) is 11.1 Å². The van der Waals surface area contributed by atoms with Crippen molar-refractivity contribution in [2.24, 2.45) is 11.1 Å². The van der Waals surface area contributed by atoms with Crippen molar-refractivity contribution in [1.82, 2.24) is 9.29 Å². The van der Waals surface area contributed by atoms with Crippen LogP contribution in [0, 0.1) is 5.92 Å². The maximum Gasteiger partial charge on any atom is 0.276 e. The number of carbonyl (C=O) groups excluding carboxylic acids is 1. The van der Waals surface area contributed by atoms with E-state index in [0.717, 1.165) is 0 Å². The van der Waals surface area contributed by atoms with Crippen LogP contribution in [0.2, 0.25) is 0 Å². The first-order valence-corrected chi connectivity index (χ1v) is 9.73. The van der Waals surface area contributed by atoms with Gasteiger partial charge in [-0.25, -0.2) is 10.1 Å². The van der Waals surface area contributed by atoms with Gasteiger partial charge >= 0.3 is 0 Å². The number of hydrogen-bond acceptors (Lipinski definition) is 5. The molecular formula is C16H22N4O4S. The van der Waals surface area contributed by atoms with E-state index in [1.165, 1.54) is 4.31 Å². The number of amides is 1. The minimum atomic E-state index is -3.68. The van der Waals surface area contributed by atoms with Crippen molar-refractivity contribution >= 4 is 32.9 Å². The van der Waals surface area contributed by atoms with E-state index in [-0.39, 0.29) is 30.8 Å². The maximum absolute atomic E-state index is 12.4. The molecule has 0 aliphatic carbocycles. The molecule has 0 saturated carbocycles. The normalized spacial score (nSPS) is 17.3. The molecule has 0 atom stereocenters. The van der Waals surface area contributed by atoms with E-state index in [1.807, 2.05) is 13.8 Å². The van der Waals surface area contributed by atoms with Gasteiger partial charge in [-0.15, -0.1) is 0 Å². The summed E-state index contributed by atoms with van der Waals surface area (Å²) >= 11 is 0. The number of benzene rings is 1. The van der Waals surface area contributed by atoms with Crippen molar-refractivity contribution in [1.29, 1.82) is 0 Å². The number of rotatable bonds is 4. The van der Waals surface area contributed by atoms with Crippen LogP contribution in [0.3, 0.4) is 0 Å². The monoisotopic (exact) mass is 366 g/mol. The Morgan fingerprint density at radius 3 is 2.64 bits per heavy atom. The van der Waals surface area contributed by atoms with Crippen LogP contribution >= 0.6 is 0 Å². The third-order valence-corrected chi connectivity index (χ3v) is 5.44. The second-order valence-electron chi connectivity index (χ2n) is 6.60. The van der Waals surface area contributed by atoms with Crippen molar-refractivity contribution in [3.05, 3.63) is 24.1 Å². The van der Waals surface area contributed by atoms with Crippen LogP contribution in [0.4, 0.5) is 5.69 Å². The van der Waals surface area contributed by atoms with Crippen LogP contribution in [0.1, 0.15) is 38.5 Å². The van der Waals surface area contributed by atoms with E-state index < -0.39 is 10.2 Å². The quantitative estimate of drug-likeness (QED) is 0.855. The SMILES string of the molecule is CC(C)c1nc2cc(NC(=O)C3CCN(S(N)(=O)=O)CC3)ccc2o1. The molecule has 0 bridgehead atoms. The number of nitrogens with zero attached hydrogens (tertiary/aromatic N) is 2. The van der Waals surface area contributed by atoms with Crippen molar-refractivity contribution in [2.75, 3.05) is 18.4 Å². The highest BCUT2D eigenvalue weighted by Gasteiger charge is 2.29. The maximum atomic E-state index is 12.4. The summed E-state index contributed by atoms with van der Waals surface area (Å²) < 4.78 is 29.5. The third kappa shape index (κ3) is 4.00. The summed E-state index contributed by atoms with van der Waals surface area (Å²) in [4.78, 5) is 16.8. The number of nitrogens with one attached hydrogen (secondary N) is 1. The summed E-state index contributed by atoms with van der Waals surface area (Å²) in [7, 11) is -3.68. The first-order chi connectivity index (χ1) is 11.7.